The highest BCUT2D eigenvalue weighted by Crippen LogP contribution is 2.37. The third kappa shape index (κ3) is 7.29. The van der Waals surface area contributed by atoms with Gasteiger partial charge in [0.15, 0.2) is 0 Å². The first-order valence-corrected chi connectivity index (χ1v) is 13.2. The number of H-pyrrole nitrogens is 1. The summed E-state index contributed by atoms with van der Waals surface area (Å²) < 4.78 is 12.8. The van der Waals surface area contributed by atoms with Crippen molar-refractivity contribution in [1.29, 1.82) is 0 Å². The first kappa shape index (κ1) is 25.7. The molecule has 0 saturated carbocycles. The van der Waals surface area contributed by atoms with Crippen molar-refractivity contribution in [2.45, 2.75) is 45.2 Å². The highest BCUT2D eigenvalue weighted by atomic mass is 31.2. The summed E-state index contributed by atoms with van der Waals surface area (Å²) in [6.45, 7) is 3.80. The Morgan fingerprint density at radius 1 is 1.03 bits per heavy atom. The molecule has 34 heavy (non-hydrogen) atoms. The maximum atomic E-state index is 13.1. The predicted molar refractivity (Wildman–Crippen MR) is 133 cm³/mol. The molecular formula is C25H32N3O5P. The monoisotopic (exact) mass is 485 g/mol. The zero-order valence-corrected chi connectivity index (χ0v) is 20.3. The van der Waals surface area contributed by atoms with Gasteiger partial charge in [0.2, 0.25) is 5.91 Å². The summed E-state index contributed by atoms with van der Waals surface area (Å²) in [5.74, 6) is -1.72. The number of nitrogens with one attached hydrogen (secondary N) is 3. The van der Waals surface area contributed by atoms with Crippen LogP contribution in [-0.2, 0) is 27.0 Å². The molecule has 1 heterocycles. The Bertz CT molecular complexity index is 1160. The number of hydrogen-bond acceptors (Lipinski definition) is 3. The number of carboxylic acids is 1. The van der Waals surface area contributed by atoms with Gasteiger partial charge in [0.25, 0.3) is 7.52 Å². The lowest BCUT2D eigenvalue weighted by molar-refractivity contribution is -0.142. The largest absolute Gasteiger partial charge is 0.480 e. The van der Waals surface area contributed by atoms with Gasteiger partial charge in [0.05, 0.1) is 6.04 Å². The lowest BCUT2D eigenvalue weighted by Gasteiger charge is -2.25. The topological polar surface area (TPSA) is 132 Å². The highest BCUT2D eigenvalue weighted by molar-refractivity contribution is 7.55. The van der Waals surface area contributed by atoms with Crippen molar-refractivity contribution in [1.82, 2.24) is 15.4 Å². The maximum Gasteiger partial charge on any atom is 0.326 e. The molecule has 0 bridgehead atoms. The fourth-order valence-electron chi connectivity index (χ4n) is 3.92. The first-order valence-electron chi connectivity index (χ1n) is 11.4. The van der Waals surface area contributed by atoms with Crippen LogP contribution >= 0.6 is 7.52 Å². The number of amides is 1. The van der Waals surface area contributed by atoms with Crippen LogP contribution in [0.5, 0.6) is 0 Å². The summed E-state index contributed by atoms with van der Waals surface area (Å²) in [6, 6.07) is 14.7. The van der Waals surface area contributed by atoms with Crippen LogP contribution < -0.4 is 10.4 Å². The normalized spacial score (nSPS) is 15.1. The van der Waals surface area contributed by atoms with E-state index in [1.807, 2.05) is 68.4 Å². The third-order valence-electron chi connectivity index (χ3n) is 5.64. The van der Waals surface area contributed by atoms with Crippen molar-refractivity contribution in [2.75, 3.05) is 6.16 Å². The molecule has 8 nitrogen and oxygen atoms in total. The minimum Gasteiger partial charge on any atom is -0.480 e. The fraction of sp³-hybridized carbons (Fsp3) is 0.360. The maximum absolute atomic E-state index is 13.1. The number of benzene rings is 2. The van der Waals surface area contributed by atoms with Gasteiger partial charge in [-0.05, 0) is 36.0 Å². The van der Waals surface area contributed by atoms with Crippen molar-refractivity contribution in [3.8, 4) is 0 Å². The second-order valence-corrected chi connectivity index (χ2v) is 11.0. The summed E-state index contributed by atoms with van der Waals surface area (Å²) in [5, 5.41) is 15.8. The standard InChI is InChI=1S/C25H32N3O5P/c1-17(2)14-22(28-34(32,33)13-12-18-8-4-3-5-9-18)24(29)27-23(25(30)31)15-19-16-26-21-11-7-6-10-20(19)21/h3-11,16-17,22-23,26H,12-15H2,1-2H3,(H,27,29)(H,30,31)(H2,28,32,33)/t22-,23-/m0/s1. The van der Waals surface area contributed by atoms with E-state index in [1.54, 1.807) is 6.20 Å². The van der Waals surface area contributed by atoms with Gasteiger partial charge in [-0.2, -0.15) is 0 Å². The Kier molecular flexibility index (Phi) is 8.67. The number of hydrogen-bond donors (Lipinski definition) is 5. The van der Waals surface area contributed by atoms with E-state index in [9.17, 15) is 24.2 Å². The number of rotatable bonds is 12. The molecule has 0 aliphatic carbocycles. The number of aryl methyl sites for hydroxylation is 1. The number of carbonyl (C=O) groups excluding carboxylic acids is 1. The van der Waals surface area contributed by atoms with E-state index in [1.165, 1.54) is 0 Å². The van der Waals surface area contributed by atoms with Gasteiger partial charge >= 0.3 is 5.97 Å². The molecule has 1 amide bonds. The van der Waals surface area contributed by atoms with Gasteiger partial charge in [-0.1, -0.05) is 62.4 Å². The minimum atomic E-state index is -3.84. The van der Waals surface area contributed by atoms with Gasteiger partial charge in [-0.15, -0.1) is 0 Å². The van der Waals surface area contributed by atoms with Crippen molar-refractivity contribution in [3.05, 3.63) is 71.9 Å². The van der Waals surface area contributed by atoms with Crippen molar-refractivity contribution >= 4 is 30.3 Å². The Morgan fingerprint density at radius 2 is 1.71 bits per heavy atom. The molecule has 3 rings (SSSR count). The molecule has 0 radical (unpaired) electrons. The van der Waals surface area contributed by atoms with Gasteiger partial charge in [-0.3, -0.25) is 9.36 Å². The number of carboxylic acid groups (broad SMARTS) is 1. The van der Waals surface area contributed by atoms with Crippen molar-refractivity contribution in [2.24, 2.45) is 5.92 Å². The smallest absolute Gasteiger partial charge is 0.326 e. The SMILES string of the molecule is CC(C)C[C@H](NP(=O)(O)CCc1ccccc1)C(=O)N[C@@H](Cc1c[nH]c2ccccc12)C(=O)O. The summed E-state index contributed by atoms with van der Waals surface area (Å²) in [5.41, 5.74) is 2.58. The molecule has 5 N–H and O–H groups in total. The van der Waals surface area contributed by atoms with Crippen LogP contribution in [0.4, 0.5) is 0 Å². The summed E-state index contributed by atoms with van der Waals surface area (Å²) in [7, 11) is -3.84. The zero-order valence-electron chi connectivity index (χ0n) is 19.4. The number of carbonyl (C=O) groups is 2. The molecule has 0 fully saturated rings. The molecule has 9 heteroatoms. The number of fused-ring (bicyclic) bond motifs is 1. The molecule has 0 aliphatic heterocycles. The number of aliphatic carboxylic acids is 1. The van der Waals surface area contributed by atoms with E-state index in [-0.39, 0.29) is 18.5 Å². The molecule has 3 aromatic rings. The van der Waals surface area contributed by atoms with Gasteiger partial charge in [0, 0.05) is 29.7 Å². The molecule has 3 atom stereocenters. The van der Waals surface area contributed by atoms with Gasteiger partial charge in [-0.25, -0.2) is 9.88 Å². The van der Waals surface area contributed by atoms with Crippen molar-refractivity contribution < 1.29 is 24.2 Å². The molecule has 1 unspecified atom stereocenters. The van der Waals surface area contributed by atoms with E-state index in [0.717, 1.165) is 22.0 Å². The van der Waals surface area contributed by atoms with E-state index in [4.69, 9.17) is 0 Å². The molecule has 182 valence electrons. The molecule has 1 aromatic heterocycles. The predicted octanol–water partition coefficient (Wildman–Crippen LogP) is 3.71. The van der Waals surface area contributed by atoms with Gasteiger partial charge < -0.3 is 20.3 Å². The van der Waals surface area contributed by atoms with E-state index in [0.29, 0.717) is 12.8 Å². The molecule has 0 saturated heterocycles. The first-order chi connectivity index (χ1) is 16.1. The molecule has 0 spiro atoms. The minimum absolute atomic E-state index is 0.0312. The second-order valence-electron chi connectivity index (χ2n) is 8.94. The van der Waals surface area contributed by atoms with E-state index < -0.39 is 31.5 Å². The quantitative estimate of drug-likeness (QED) is 0.249. The van der Waals surface area contributed by atoms with Crippen LogP contribution in [0.15, 0.2) is 60.8 Å². The molecule has 0 aliphatic rings. The Balaban J connectivity index is 1.69. The van der Waals surface area contributed by atoms with E-state index in [2.05, 4.69) is 15.4 Å². The lowest BCUT2D eigenvalue weighted by atomic mass is 10.0. The summed E-state index contributed by atoms with van der Waals surface area (Å²) in [6.07, 6.45) is 2.47. The Labute approximate surface area is 199 Å². The molecule has 2 aromatic carbocycles. The average Bonchev–Trinajstić information content (AvgIpc) is 3.20. The van der Waals surface area contributed by atoms with Crippen LogP contribution in [0.25, 0.3) is 10.9 Å². The highest BCUT2D eigenvalue weighted by Gasteiger charge is 2.31. The third-order valence-corrected chi connectivity index (χ3v) is 7.19. The van der Waals surface area contributed by atoms with Gasteiger partial charge in [0.1, 0.15) is 6.04 Å². The number of aromatic amines is 1. The Morgan fingerprint density at radius 3 is 2.38 bits per heavy atom. The van der Waals surface area contributed by atoms with E-state index >= 15 is 0 Å². The summed E-state index contributed by atoms with van der Waals surface area (Å²) in [4.78, 5) is 38.6. The zero-order chi connectivity index (χ0) is 24.7. The average molecular weight is 486 g/mol. The van der Waals surface area contributed by atoms with Crippen LogP contribution in [0.2, 0.25) is 0 Å². The van der Waals surface area contributed by atoms with Crippen LogP contribution in [0.3, 0.4) is 0 Å². The summed E-state index contributed by atoms with van der Waals surface area (Å²) >= 11 is 0. The molecular weight excluding hydrogens is 453 g/mol. The van der Waals surface area contributed by atoms with Crippen LogP contribution in [-0.4, -0.2) is 45.1 Å². The number of para-hydroxylation sites is 1. The second kappa shape index (κ2) is 11.5. The fourth-order valence-corrected chi connectivity index (χ4v) is 5.32. The van der Waals surface area contributed by atoms with Crippen molar-refractivity contribution in [3.63, 3.8) is 0 Å². The van der Waals surface area contributed by atoms with Crippen LogP contribution in [0.1, 0.15) is 31.4 Å². The number of aromatic nitrogens is 1. The van der Waals surface area contributed by atoms with Crippen LogP contribution in [0, 0.1) is 5.92 Å². The Hall–Kier alpha value is -2.93. The lowest BCUT2D eigenvalue weighted by Crippen LogP contribution is -2.50.